The number of carbonyl (C=O) groups excluding carboxylic acids is 1. The minimum absolute atomic E-state index is 0.117. The van der Waals surface area contributed by atoms with Gasteiger partial charge in [0.15, 0.2) is 0 Å². The zero-order chi connectivity index (χ0) is 15.5. The summed E-state index contributed by atoms with van der Waals surface area (Å²) in [5.74, 6) is -0.210. The normalized spacial score (nSPS) is 10.4. The SMILES string of the molecule is Cn1cc(NC(=O)c2ccc(-n3cccc3)cc2)ccc1=O. The van der Waals surface area contributed by atoms with Crippen LogP contribution in [-0.2, 0) is 7.05 Å². The molecule has 0 saturated heterocycles. The fraction of sp³-hybridized carbons (Fsp3) is 0.0588. The second-order valence-corrected chi connectivity index (χ2v) is 4.96. The lowest BCUT2D eigenvalue weighted by Crippen LogP contribution is -2.18. The van der Waals surface area contributed by atoms with Crippen molar-refractivity contribution in [3.05, 3.63) is 83.0 Å². The molecule has 0 aliphatic heterocycles. The van der Waals surface area contributed by atoms with E-state index in [2.05, 4.69) is 5.32 Å². The van der Waals surface area contributed by atoms with Crippen molar-refractivity contribution in [3.8, 4) is 5.69 Å². The van der Waals surface area contributed by atoms with Gasteiger partial charge in [-0.05, 0) is 42.5 Å². The molecule has 3 aromatic rings. The Morgan fingerprint density at radius 1 is 1.00 bits per heavy atom. The number of nitrogens with one attached hydrogen (secondary N) is 1. The number of carbonyl (C=O) groups is 1. The average molecular weight is 293 g/mol. The van der Waals surface area contributed by atoms with Crippen LogP contribution in [0, 0.1) is 0 Å². The van der Waals surface area contributed by atoms with Gasteiger partial charge >= 0.3 is 0 Å². The summed E-state index contributed by atoms with van der Waals surface area (Å²) in [6.45, 7) is 0. The number of aryl methyl sites for hydroxylation is 1. The summed E-state index contributed by atoms with van der Waals surface area (Å²) < 4.78 is 3.39. The van der Waals surface area contributed by atoms with Crippen LogP contribution in [0.5, 0.6) is 0 Å². The largest absolute Gasteiger partial charge is 0.324 e. The molecule has 5 nitrogen and oxygen atoms in total. The topological polar surface area (TPSA) is 56.0 Å². The third kappa shape index (κ3) is 2.83. The Morgan fingerprint density at radius 2 is 1.68 bits per heavy atom. The van der Waals surface area contributed by atoms with Crippen molar-refractivity contribution >= 4 is 11.6 Å². The smallest absolute Gasteiger partial charge is 0.255 e. The summed E-state index contributed by atoms with van der Waals surface area (Å²) in [4.78, 5) is 23.5. The molecule has 1 amide bonds. The van der Waals surface area contributed by atoms with Gasteiger partial charge in [-0.25, -0.2) is 0 Å². The van der Waals surface area contributed by atoms with E-state index in [4.69, 9.17) is 0 Å². The van der Waals surface area contributed by atoms with Crippen LogP contribution in [0.3, 0.4) is 0 Å². The molecule has 0 radical (unpaired) electrons. The zero-order valence-corrected chi connectivity index (χ0v) is 12.1. The van der Waals surface area contributed by atoms with Crippen molar-refractivity contribution in [1.82, 2.24) is 9.13 Å². The van der Waals surface area contributed by atoms with Gasteiger partial charge in [-0.1, -0.05) is 0 Å². The molecule has 0 atom stereocenters. The van der Waals surface area contributed by atoms with Crippen molar-refractivity contribution in [2.75, 3.05) is 5.32 Å². The van der Waals surface area contributed by atoms with Crippen LogP contribution >= 0.6 is 0 Å². The summed E-state index contributed by atoms with van der Waals surface area (Å²) in [7, 11) is 1.64. The van der Waals surface area contributed by atoms with E-state index in [1.165, 1.54) is 10.6 Å². The molecule has 0 saturated carbocycles. The van der Waals surface area contributed by atoms with E-state index < -0.39 is 0 Å². The molecule has 0 aliphatic rings. The maximum absolute atomic E-state index is 12.2. The predicted octanol–water partition coefficient (Wildman–Crippen LogP) is 2.43. The van der Waals surface area contributed by atoms with E-state index in [1.807, 2.05) is 41.2 Å². The number of amides is 1. The number of hydrogen-bond donors (Lipinski definition) is 1. The highest BCUT2D eigenvalue weighted by Gasteiger charge is 2.07. The van der Waals surface area contributed by atoms with Gasteiger partial charge in [-0.3, -0.25) is 9.59 Å². The summed E-state index contributed by atoms with van der Waals surface area (Å²) in [5.41, 5.74) is 2.02. The van der Waals surface area contributed by atoms with Crippen molar-refractivity contribution in [2.45, 2.75) is 0 Å². The molecule has 2 aromatic heterocycles. The standard InChI is InChI=1S/C17H15N3O2/c1-19-12-14(6-9-16(19)21)18-17(22)13-4-7-15(8-5-13)20-10-2-3-11-20/h2-12H,1H3,(H,18,22). The maximum Gasteiger partial charge on any atom is 0.255 e. The van der Waals surface area contributed by atoms with Gasteiger partial charge in [0, 0.05) is 43.0 Å². The highest BCUT2D eigenvalue weighted by molar-refractivity contribution is 6.04. The van der Waals surface area contributed by atoms with Gasteiger partial charge in [0.05, 0.1) is 5.69 Å². The van der Waals surface area contributed by atoms with Gasteiger partial charge in [0.1, 0.15) is 0 Å². The summed E-state index contributed by atoms with van der Waals surface area (Å²) in [6.07, 6.45) is 5.48. The molecule has 0 aliphatic carbocycles. The van der Waals surface area contributed by atoms with Crippen LogP contribution in [0.1, 0.15) is 10.4 Å². The zero-order valence-electron chi connectivity index (χ0n) is 12.1. The predicted molar refractivity (Wildman–Crippen MR) is 85.4 cm³/mol. The second-order valence-electron chi connectivity index (χ2n) is 4.96. The molecule has 0 unspecified atom stereocenters. The van der Waals surface area contributed by atoms with Crippen LogP contribution in [0.25, 0.3) is 5.69 Å². The first kappa shape index (κ1) is 13.9. The number of anilines is 1. The first-order valence-electron chi connectivity index (χ1n) is 6.85. The molecule has 0 bridgehead atoms. The molecule has 110 valence electrons. The van der Waals surface area contributed by atoms with Gasteiger partial charge in [-0.15, -0.1) is 0 Å². The Hall–Kier alpha value is -3.08. The number of aromatic nitrogens is 2. The average Bonchev–Trinajstić information content (AvgIpc) is 3.05. The molecule has 22 heavy (non-hydrogen) atoms. The van der Waals surface area contributed by atoms with Crippen LogP contribution in [0.15, 0.2) is 71.9 Å². The Labute approximate surface area is 127 Å². The van der Waals surface area contributed by atoms with E-state index in [-0.39, 0.29) is 11.5 Å². The van der Waals surface area contributed by atoms with Crippen molar-refractivity contribution < 1.29 is 4.79 Å². The van der Waals surface area contributed by atoms with Crippen LogP contribution in [0.4, 0.5) is 5.69 Å². The quantitative estimate of drug-likeness (QED) is 0.806. The number of pyridine rings is 1. The van der Waals surface area contributed by atoms with Crippen LogP contribution < -0.4 is 10.9 Å². The van der Waals surface area contributed by atoms with Crippen LogP contribution in [-0.4, -0.2) is 15.0 Å². The molecular weight excluding hydrogens is 278 g/mol. The first-order chi connectivity index (χ1) is 10.6. The number of hydrogen-bond acceptors (Lipinski definition) is 2. The Balaban J connectivity index is 1.77. The van der Waals surface area contributed by atoms with Crippen LogP contribution in [0.2, 0.25) is 0 Å². The second kappa shape index (κ2) is 5.73. The summed E-state index contributed by atoms with van der Waals surface area (Å²) >= 11 is 0. The van der Waals surface area contributed by atoms with Gasteiger partial charge in [0.25, 0.3) is 5.91 Å². The summed E-state index contributed by atoms with van der Waals surface area (Å²) in [5, 5.41) is 2.78. The lowest BCUT2D eigenvalue weighted by atomic mass is 10.2. The molecular formula is C17H15N3O2. The molecule has 3 rings (SSSR count). The van der Waals surface area contributed by atoms with Gasteiger partial charge in [0.2, 0.25) is 5.56 Å². The lowest BCUT2D eigenvalue weighted by molar-refractivity contribution is 0.102. The minimum Gasteiger partial charge on any atom is -0.324 e. The Kier molecular flexibility index (Phi) is 3.62. The minimum atomic E-state index is -0.210. The van der Waals surface area contributed by atoms with E-state index in [0.29, 0.717) is 11.3 Å². The molecule has 5 heteroatoms. The highest BCUT2D eigenvalue weighted by atomic mass is 16.1. The van der Waals surface area contributed by atoms with Gasteiger partial charge in [-0.2, -0.15) is 0 Å². The van der Waals surface area contributed by atoms with E-state index in [0.717, 1.165) is 5.69 Å². The maximum atomic E-state index is 12.2. The third-order valence-corrected chi connectivity index (χ3v) is 3.38. The van der Waals surface area contributed by atoms with Crippen molar-refractivity contribution in [1.29, 1.82) is 0 Å². The lowest BCUT2D eigenvalue weighted by Gasteiger charge is -2.08. The molecule has 0 fully saturated rings. The highest BCUT2D eigenvalue weighted by Crippen LogP contribution is 2.12. The van der Waals surface area contributed by atoms with Gasteiger partial charge < -0.3 is 14.5 Å². The van der Waals surface area contributed by atoms with Crippen molar-refractivity contribution in [3.63, 3.8) is 0 Å². The fourth-order valence-corrected chi connectivity index (χ4v) is 2.16. The summed E-state index contributed by atoms with van der Waals surface area (Å²) in [6, 6.07) is 14.2. The molecule has 2 heterocycles. The number of rotatable bonds is 3. The van der Waals surface area contributed by atoms with E-state index in [9.17, 15) is 9.59 Å². The van der Waals surface area contributed by atoms with E-state index in [1.54, 1.807) is 31.4 Å². The first-order valence-corrected chi connectivity index (χ1v) is 6.85. The number of benzene rings is 1. The Bertz CT molecular complexity index is 846. The Morgan fingerprint density at radius 3 is 2.32 bits per heavy atom. The van der Waals surface area contributed by atoms with E-state index >= 15 is 0 Å². The molecule has 0 spiro atoms. The number of nitrogens with zero attached hydrogens (tertiary/aromatic N) is 2. The van der Waals surface area contributed by atoms with Crippen molar-refractivity contribution in [2.24, 2.45) is 7.05 Å². The molecule has 1 N–H and O–H groups in total. The molecule has 1 aromatic carbocycles. The third-order valence-electron chi connectivity index (χ3n) is 3.38. The fourth-order valence-electron chi connectivity index (χ4n) is 2.16. The monoisotopic (exact) mass is 293 g/mol.